The second kappa shape index (κ2) is 17.8. The third-order valence-electron chi connectivity index (χ3n) is 6.58. The van der Waals surface area contributed by atoms with Crippen molar-refractivity contribution >= 4 is 39.5 Å². The Bertz CT molecular complexity index is 1690. The zero-order valence-electron chi connectivity index (χ0n) is 25.2. The van der Waals surface area contributed by atoms with Crippen LogP contribution in [0.5, 0.6) is 0 Å². The van der Waals surface area contributed by atoms with Crippen LogP contribution in [-0.4, -0.2) is 78.4 Å². The molecule has 0 saturated carbocycles. The molecule has 1 aliphatic rings. The molecule has 6 N–H and O–H groups in total. The van der Waals surface area contributed by atoms with Crippen LogP contribution < -0.4 is 0 Å². The van der Waals surface area contributed by atoms with E-state index < -0.39 is 60.7 Å². The van der Waals surface area contributed by atoms with Gasteiger partial charge in [-0.2, -0.15) is 13.2 Å². The highest BCUT2D eigenvalue weighted by molar-refractivity contribution is 7.18. The molecule has 2 heterocycles. The van der Waals surface area contributed by atoms with E-state index in [-0.39, 0.29) is 10.5 Å². The highest BCUT2D eigenvalue weighted by atomic mass is 32.1. The zero-order chi connectivity index (χ0) is 36.1. The molecule has 1 aliphatic heterocycles. The van der Waals surface area contributed by atoms with Crippen molar-refractivity contribution in [2.75, 3.05) is 6.61 Å². The first-order valence-corrected chi connectivity index (χ1v) is 15.0. The average molecular weight is 702 g/mol. The van der Waals surface area contributed by atoms with Gasteiger partial charge in [-0.3, -0.25) is 0 Å². The molecule has 4 atom stereocenters. The molecule has 11 nitrogen and oxygen atoms in total. The number of aliphatic hydroxyl groups is 3. The minimum absolute atomic E-state index is 0.146. The van der Waals surface area contributed by atoms with Gasteiger partial charge in [-0.15, -0.1) is 11.3 Å². The number of thiazole rings is 1. The summed E-state index contributed by atoms with van der Waals surface area (Å²) >= 11 is 1.08. The molecule has 0 spiro atoms. The van der Waals surface area contributed by atoms with Crippen LogP contribution in [0, 0.1) is 0 Å². The van der Waals surface area contributed by atoms with Gasteiger partial charge in [-0.25, -0.2) is 19.4 Å². The maximum Gasteiger partial charge on any atom is 0.416 e. The smallest absolute Gasteiger partial charge is 0.416 e. The summed E-state index contributed by atoms with van der Waals surface area (Å²) in [7, 11) is 0. The maximum atomic E-state index is 12.7. The van der Waals surface area contributed by atoms with E-state index in [1.165, 1.54) is 6.07 Å². The van der Waals surface area contributed by atoms with Crippen molar-refractivity contribution in [1.29, 1.82) is 0 Å². The minimum atomic E-state index is -4.46. The molecule has 0 unspecified atom stereocenters. The number of carboxylic acids is 3. The van der Waals surface area contributed by atoms with Gasteiger partial charge >= 0.3 is 24.1 Å². The number of halogens is 3. The summed E-state index contributed by atoms with van der Waals surface area (Å²) < 4.78 is 43.9. The molecule has 49 heavy (non-hydrogen) atoms. The third-order valence-corrected chi connectivity index (χ3v) is 7.68. The van der Waals surface area contributed by atoms with E-state index in [2.05, 4.69) is 4.98 Å². The lowest BCUT2D eigenvalue weighted by atomic mass is 10.1. The van der Waals surface area contributed by atoms with Crippen LogP contribution in [-0.2, 0) is 10.9 Å². The molecule has 15 heteroatoms. The predicted octanol–water partition coefficient (Wildman–Crippen LogP) is 5.62. The van der Waals surface area contributed by atoms with Gasteiger partial charge in [0.1, 0.15) is 29.4 Å². The highest BCUT2D eigenvalue weighted by Gasteiger charge is 2.44. The fourth-order valence-corrected chi connectivity index (χ4v) is 5.11. The number of nitrogens with zero attached hydrogens (tertiary/aromatic N) is 1. The lowest BCUT2D eigenvalue weighted by molar-refractivity contribution is -0.137. The van der Waals surface area contributed by atoms with Crippen molar-refractivity contribution < 1.29 is 62.9 Å². The molecule has 4 aromatic carbocycles. The minimum Gasteiger partial charge on any atom is -0.478 e. The van der Waals surface area contributed by atoms with Gasteiger partial charge in [0.2, 0.25) is 0 Å². The third kappa shape index (κ3) is 11.2. The number of aromatic nitrogens is 1. The van der Waals surface area contributed by atoms with Crippen LogP contribution in [0.15, 0.2) is 109 Å². The molecule has 1 fully saturated rings. The fraction of sp³-hybridized carbons (Fsp3) is 0.176. The first kappa shape index (κ1) is 38.3. The van der Waals surface area contributed by atoms with Gasteiger partial charge in [0.25, 0.3) is 0 Å². The first-order valence-electron chi connectivity index (χ1n) is 14.2. The molecular weight excluding hydrogens is 671 g/mol. The molecule has 5 aromatic rings. The number of hydrogen-bond donors (Lipinski definition) is 6. The Labute approximate surface area is 280 Å². The van der Waals surface area contributed by atoms with E-state index in [0.29, 0.717) is 21.4 Å². The normalized spacial score (nSPS) is 18.1. The Hall–Kier alpha value is -5.19. The van der Waals surface area contributed by atoms with Crippen molar-refractivity contribution in [3.8, 4) is 0 Å². The number of carboxylic acid groups (broad SMARTS) is 3. The fourth-order valence-electron chi connectivity index (χ4n) is 4.09. The van der Waals surface area contributed by atoms with Gasteiger partial charge < -0.3 is 35.4 Å². The van der Waals surface area contributed by atoms with Crippen molar-refractivity contribution in [3.05, 3.63) is 136 Å². The van der Waals surface area contributed by atoms with Crippen molar-refractivity contribution in [3.63, 3.8) is 0 Å². The van der Waals surface area contributed by atoms with Crippen molar-refractivity contribution in [1.82, 2.24) is 4.98 Å². The number of hydrogen-bond acceptors (Lipinski definition) is 9. The van der Waals surface area contributed by atoms with Crippen LogP contribution in [0.2, 0.25) is 0 Å². The lowest BCUT2D eigenvalue weighted by Gasteiger charge is -2.11. The number of carbonyl (C=O) groups is 3. The van der Waals surface area contributed by atoms with Crippen LogP contribution in [0.25, 0.3) is 10.2 Å². The van der Waals surface area contributed by atoms with E-state index in [4.69, 9.17) is 25.2 Å². The molecule has 6 rings (SSSR count). The van der Waals surface area contributed by atoms with E-state index in [1.807, 2.05) is 0 Å². The molecule has 258 valence electrons. The number of aromatic carboxylic acids is 3. The second-order valence-electron chi connectivity index (χ2n) is 10.0. The van der Waals surface area contributed by atoms with Gasteiger partial charge in [0, 0.05) is 0 Å². The van der Waals surface area contributed by atoms with E-state index in [9.17, 15) is 37.8 Å². The van der Waals surface area contributed by atoms with Crippen LogP contribution in [0.3, 0.4) is 0 Å². The molecular formula is C34H30F3NO10S. The topological polar surface area (TPSA) is 195 Å². The van der Waals surface area contributed by atoms with Gasteiger partial charge in [-0.05, 0) is 54.6 Å². The second-order valence-corrected chi connectivity index (χ2v) is 11.1. The Kier molecular flexibility index (Phi) is 13.9. The van der Waals surface area contributed by atoms with E-state index >= 15 is 0 Å². The summed E-state index contributed by atoms with van der Waals surface area (Å²) in [5, 5.41) is 54.1. The summed E-state index contributed by atoms with van der Waals surface area (Å²) in [6.45, 7) is -0.474. The zero-order valence-corrected chi connectivity index (χ0v) is 26.0. The molecule has 0 bridgehead atoms. The number of fused-ring (bicyclic) bond motifs is 1. The Morgan fingerprint density at radius 1 is 0.694 bits per heavy atom. The number of benzene rings is 4. The Morgan fingerprint density at radius 2 is 1.12 bits per heavy atom. The van der Waals surface area contributed by atoms with Crippen molar-refractivity contribution in [2.45, 2.75) is 30.6 Å². The van der Waals surface area contributed by atoms with E-state index in [0.717, 1.165) is 23.5 Å². The number of rotatable bonds is 5. The van der Waals surface area contributed by atoms with Gasteiger partial charge in [-0.1, -0.05) is 54.6 Å². The van der Waals surface area contributed by atoms with Gasteiger partial charge in [0.05, 0.1) is 39.1 Å². The molecule has 0 radical (unpaired) electrons. The highest BCUT2D eigenvalue weighted by Crippen LogP contribution is 2.39. The predicted molar refractivity (Wildman–Crippen MR) is 172 cm³/mol. The quantitative estimate of drug-likeness (QED) is 0.133. The molecule has 1 aromatic heterocycles. The van der Waals surface area contributed by atoms with Crippen LogP contribution in [0.4, 0.5) is 13.2 Å². The lowest BCUT2D eigenvalue weighted by Crippen LogP contribution is -2.32. The molecule has 0 amide bonds. The standard InChI is InChI=1S/C13H12F3NO4S.3C7H6O2/c14-13(15,16)5-1-2-8-6(3-5)17-12(22-8)11-10(20)9(19)7(4-18)21-11;3*8-7(9)6-4-2-1-3-5-6/h1-3,7,9-11,18-20H,4H2;3*1-5H,(H,8,9)/t7-,9-,10-,11-;;;/m1.../s1. The Balaban J connectivity index is 0.000000199. The van der Waals surface area contributed by atoms with Crippen LogP contribution in [0.1, 0.15) is 47.7 Å². The number of ether oxygens (including phenoxy) is 1. The summed E-state index contributed by atoms with van der Waals surface area (Å²) in [6, 6.07) is 28.1. The first-order chi connectivity index (χ1) is 23.2. The largest absolute Gasteiger partial charge is 0.478 e. The summed E-state index contributed by atoms with van der Waals surface area (Å²) in [5.41, 5.74) is 0.332. The number of alkyl halides is 3. The van der Waals surface area contributed by atoms with E-state index in [1.54, 1.807) is 91.0 Å². The SMILES string of the molecule is O=C(O)c1ccccc1.O=C(O)c1ccccc1.O=C(O)c1ccccc1.OC[C@H]1O[C@@H](c2nc3cc(C(F)(F)F)ccc3s2)[C@H](O)[C@@H]1O. The molecule has 0 aliphatic carbocycles. The molecule has 1 saturated heterocycles. The van der Waals surface area contributed by atoms with Gasteiger partial charge in [0.15, 0.2) is 0 Å². The van der Waals surface area contributed by atoms with Crippen LogP contribution >= 0.6 is 11.3 Å². The summed E-state index contributed by atoms with van der Waals surface area (Å²) in [5.74, 6) is -2.64. The Morgan fingerprint density at radius 3 is 1.45 bits per heavy atom. The number of aliphatic hydroxyl groups excluding tert-OH is 3. The average Bonchev–Trinajstić information content (AvgIpc) is 3.65. The van der Waals surface area contributed by atoms with Crippen molar-refractivity contribution in [2.24, 2.45) is 0 Å². The maximum absolute atomic E-state index is 12.7. The summed E-state index contributed by atoms with van der Waals surface area (Å²) in [6.07, 6.45) is -8.94. The summed E-state index contributed by atoms with van der Waals surface area (Å²) in [4.78, 5) is 34.7. The monoisotopic (exact) mass is 701 g/mol.